The first-order valence-electron chi connectivity index (χ1n) is 5.40. The molecule has 0 aliphatic rings. The molecule has 3 N–H and O–H groups in total. The number of hydrogen-bond acceptors (Lipinski definition) is 2. The van der Waals surface area contributed by atoms with Crippen molar-refractivity contribution in [3.63, 3.8) is 0 Å². The molecular formula is C13H8Cl4N2O. The topological polar surface area (TPSA) is 55.1 Å². The normalized spacial score (nSPS) is 10.4. The standard InChI is InChI=1S/C13H8Cl4N2O/c14-7-2-1-3-10(12(7)17)19-13(20)6-4-8(15)11(16)9(18)5-6/h1-5H,18H2,(H,19,20). The Morgan fingerprint density at radius 1 is 1.00 bits per heavy atom. The second-order valence-electron chi connectivity index (χ2n) is 3.92. The number of carbonyl (C=O) groups excluding carboxylic acids is 1. The molecule has 2 rings (SSSR count). The zero-order valence-electron chi connectivity index (χ0n) is 9.88. The second kappa shape index (κ2) is 6.10. The zero-order valence-corrected chi connectivity index (χ0v) is 12.9. The Morgan fingerprint density at radius 3 is 2.35 bits per heavy atom. The van der Waals surface area contributed by atoms with Crippen LogP contribution in [0.5, 0.6) is 0 Å². The van der Waals surface area contributed by atoms with Crippen LogP contribution in [-0.2, 0) is 0 Å². The van der Waals surface area contributed by atoms with Gasteiger partial charge in [-0.2, -0.15) is 0 Å². The maximum absolute atomic E-state index is 12.1. The fourth-order valence-corrected chi connectivity index (χ4v) is 2.22. The van der Waals surface area contributed by atoms with Crippen molar-refractivity contribution in [2.24, 2.45) is 0 Å². The molecule has 1 amide bonds. The summed E-state index contributed by atoms with van der Waals surface area (Å²) >= 11 is 23.6. The highest BCUT2D eigenvalue weighted by atomic mass is 35.5. The van der Waals surface area contributed by atoms with E-state index in [9.17, 15) is 4.79 Å². The number of anilines is 2. The van der Waals surface area contributed by atoms with Crippen LogP contribution in [0.2, 0.25) is 20.1 Å². The molecule has 2 aromatic carbocycles. The van der Waals surface area contributed by atoms with E-state index >= 15 is 0 Å². The first kappa shape index (κ1) is 15.3. The molecule has 0 fully saturated rings. The highest BCUT2D eigenvalue weighted by Crippen LogP contribution is 2.32. The lowest BCUT2D eigenvalue weighted by atomic mass is 10.2. The lowest BCUT2D eigenvalue weighted by Crippen LogP contribution is -2.12. The molecule has 20 heavy (non-hydrogen) atoms. The van der Waals surface area contributed by atoms with Gasteiger partial charge in [-0.05, 0) is 24.3 Å². The molecule has 0 heterocycles. The highest BCUT2D eigenvalue weighted by Gasteiger charge is 2.13. The summed E-state index contributed by atoms with van der Waals surface area (Å²) in [6.45, 7) is 0. The third kappa shape index (κ3) is 3.13. The van der Waals surface area contributed by atoms with Crippen LogP contribution in [0.25, 0.3) is 0 Å². The molecule has 0 aromatic heterocycles. The fraction of sp³-hybridized carbons (Fsp3) is 0. The summed E-state index contributed by atoms with van der Waals surface area (Å²) in [5.74, 6) is -0.417. The molecule has 0 atom stereocenters. The van der Waals surface area contributed by atoms with Gasteiger partial charge in [0.25, 0.3) is 5.91 Å². The van der Waals surface area contributed by atoms with E-state index in [0.29, 0.717) is 10.7 Å². The largest absolute Gasteiger partial charge is 0.397 e. The number of nitrogens with two attached hydrogens (primary N) is 1. The van der Waals surface area contributed by atoms with Gasteiger partial charge in [0.2, 0.25) is 0 Å². The van der Waals surface area contributed by atoms with Crippen LogP contribution in [0.3, 0.4) is 0 Å². The molecule has 3 nitrogen and oxygen atoms in total. The maximum Gasteiger partial charge on any atom is 0.255 e. The Labute approximate surface area is 135 Å². The minimum absolute atomic E-state index is 0.203. The second-order valence-corrected chi connectivity index (χ2v) is 5.49. The smallest absolute Gasteiger partial charge is 0.255 e. The molecule has 2 aromatic rings. The van der Waals surface area contributed by atoms with Gasteiger partial charge in [-0.25, -0.2) is 0 Å². The fourth-order valence-electron chi connectivity index (χ4n) is 1.54. The summed E-state index contributed by atoms with van der Waals surface area (Å²) in [5, 5.41) is 3.65. The molecule has 0 radical (unpaired) electrons. The summed E-state index contributed by atoms with van der Waals surface area (Å²) in [5.41, 5.74) is 6.56. The van der Waals surface area contributed by atoms with Crippen molar-refractivity contribution in [2.45, 2.75) is 0 Å². The Morgan fingerprint density at radius 2 is 1.70 bits per heavy atom. The van der Waals surface area contributed by atoms with Crippen LogP contribution >= 0.6 is 46.4 Å². The number of hydrogen-bond donors (Lipinski definition) is 2. The van der Waals surface area contributed by atoms with Crippen LogP contribution in [0.4, 0.5) is 11.4 Å². The number of amides is 1. The van der Waals surface area contributed by atoms with E-state index in [1.165, 1.54) is 12.1 Å². The number of benzene rings is 2. The Kier molecular flexibility index (Phi) is 4.66. The number of halogens is 4. The van der Waals surface area contributed by atoms with Crippen LogP contribution in [0.15, 0.2) is 30.3 Å². The average molecular weight is 350 g/mol. The molecule has 0 bridgehead atoms. The first-order chi connectivity index (χ1) is 9.40. The van der Waals surface area contributed by atoms with Gasteiger partial charge in [-0.1, -0.05) is 52.5 Å². The third-order valence-electron chi connectivity index (χ3n) is 2.52. The molecule has 0 aliphatic heterocycles. The lowest BCUT2D eigenvalue weighted by molar-refractivity contribution is 0.102. The first-order valence-corrected chi connectivity index (χ1v) is 6.91. The average Bonchev–Trinajstić information content (AvgIpc) is 2.40. The molecule has 0 saturated carbocycles. The predicted molar refractivity (Wildman–Crippen MR) is 85.3 cm³/mol. The van der Waals surface area contributed by atoms with Gasteiger partial charge < -0.3 is 11.1 Å². The number of nitrogen functional groups attached to an aromatic ring is 1. The Bertz CT molecular complexity index is 665. The Balaban J connectivity index is 2.31. The van der Waals surface area contributed by atoms with E-state index in [1.807, 2.05) is 0 Å². The quantitative estimate of drug-likeness (QED) is 0.738. The number of carbonyl (C=O) groups is 1. The van der Waals surface area contributed by atoms with E-state index in [4.69, 9.17) is 52.1 Å². The van der Waals surface area contributed by atoms with Gasteiger partial charge in [-0.3, -0.25) is 4.79 Å². The highest BCUT2D eigenvalue weighted by molar-refractivity contribution is 6.44. The zero-order chi connectivity index (χ0) is 14.9. The lowest BCUT2D eigenvalue weighted by Gasteiger charge is -2.09. The van der Waals surface area contributed by atoms with Crippen molar-refractivity contribution < 1.29 is 4.79 Å². The monoisotopic (exact) mass is 348 g/mol. The van der Waals surface area contributed by atoms with Crippen LogP contribution in [0.1, 0.15) is 10.4 Å². The molecule has 0 saturated heterocycles. The summed E-state index contributed by atoms with van der Waals surface area (Å²) in [4.78, 5) is 12.1. The van der Waals surface area contributed by atoms with Gasteiger partial charge in [-0.15, -0.1) is 0 Å². The summed E-state index contributed by atoms with van der Waals surface area (Å²) < 4.78 is 0. The van der Waals surface area contributed by atoms with Crippen LogP contribution < -0.4 is 11.1 Å². The van der Waals surface area contributed by atoms with Gasteiger partial charge >= 0.3 is 0 Å². The van der Waals surface area contributed by atoms with Crippen LogP contribution in [0, 0.1) is 0 Å². The number of rotatable bonds is 2. The van der Waals surface area contributed by atoms with Gasteiger partial charge in [0, 0.05) is 5.56 Å². The van der Waals surface area contributed by atoms with Crippen molar-refractivity contribution in [1.29, 1.82) is 0 Å². The van der Waals surface area contributed by atoms with E-state index in [0.717, 1.165) is 0 Å². The minimum atomic E-state index is -0.417. The molecule has 7 heteroatoms. The summed E-state index contributed by atoms with van der Waals surface area (Å²) in [6.07, 6.45) is 0. The van der Waals surface area contributed by atoms with Gasteiger partial charge in [0.1, 0.15) is 0 Å². The van der Waals surface area contributed by atoms with Crippen molar-refractivity contribution in [2.75, 3.05) is 11.1 Å². The van der Waals surface area contributed by atoms with Crippen molar-refractivity contribution >= 4 is 63.7 Å². The van der Waals surface area contributed by atoms with E-state index < -0.39 is 5.91 Å². The van der Waals surface area contributed by atoms with E-state index in [1.54, 1.807) is 18.2 Å². The molecule has 104 valence electrons. The van der Waals surface area contributed by atoms with Gasteiger partial charge in [0.05, 0.1) is 31.5 Å². The molecule has 0 aliphatic carbocycles. The molecule has 0 unspecified atom stereocenters. The van der Waals surface area contributed by atoms with Crippen molar-refractivity contribution in [3.05, 3.63) is 56.0 Å². The van der Waals surface area contributed by atoms with Crippen molar-refractivity contribution in [1.82, 2.24) is 0 Å². The summed E-state index contributed by atoms with van der Waals surface area (Å²) in [7, 11) is 0. The van der Waals surface area contributed by atoms with E-state index in [2.05, 4.69) is 5.32 Å². The van der Waals surface area contributed by atoms with E-state index in [-0.39, 0.29) is 26.3 Å². The Hall–Kier alpha value is -1.13. The molecular weight excluding hydrogens is 342 g/mol. The SMILES string of the molecule is Nc1cc(C(=O)Nc2cccc(Cl)c2Cl)cc(Cl)c1Cl. The van der Waals surface area contributed by atoms with Crippen molar-refractivity contribution in [3.8, 4) is 0 Å². The van der Waals surface area contributed by atoms with Crippen LogP contribution in [-0.4, -0.2) is 5.91 Å². The van der Waals surface area contributed by atoms with Gasteiger partial charge in [0.15, 0.2) is 0 Å². The third-order valence-corrected chi connectivity index (χ3v) is 4.15. The molecule has 0 spiro atoms. The predicted octanol–water partition coefficient (Wildman–Crippen LogP) is 5.13. The summed E-state index contributed by atoms with van der Waals surface area (Å²) in [6, 6.07) is 7.78. The number of nitrogens with one attached hydrogen (secondary N) is 1. The minimum Gasteiger partial charge on any atom is -0.397 e. The maximum atomic E-state index is 12.1.